The highest BCUT2D eigenvalue weighted by Gasteiger charge is 2.30. The van der Waals surface area contributed by atoms with E-state index in [1.165, 1.54) is 11.3 Å². The van der Waals surface area contributed by atoms with Crippen LogP contribution in [0.15, 0.2) is 35.8 Å². The van der Waals surface area contributed by atoms with Gasteiger partial charge in [-0.25, -0.2) is 0 Å². The highest BCUT2D eigenvalue weighted by Crippen LogP contribution is 2.33. The van der Waals surface area contributed by atoms with Crippen LogP contribution in [0.4, 0.5) is 17.3 Å². The van der Waals surface area contributed by atoms with E-state index in [0.29, 0.717) is 23.9 Å². The number of hydrogen-bond donors (Lipinski definition) is 0. The monoisotopic (exact) mass is 363 g/mol. The van der Waals surface area contributed by atoms with Gasteiger partial charge >= 0.3 is 5.82 Å². The minimum Gasteiger partial charge on any atom is -0.367 e. The average molecular weight is 364 g/mol. The summed E-state index contributed by atoms with van der Waals surface area (Å²) in [6.07, 6.45) is 1.69. The van der Waals surface area contributed by atoms with E-state index < -0.39 is 0 Å². The molecule has 0 spiro atoms. The zero-order chi connectivity index (χ0) is 16.7. The van der Waals surface area contributed by atoms with E-state index in [4.69, 9.17) is 11.6 Å². The number of halogens is 1. The molecule has 0 aliphatic carbocycles. The first-order chi connectivity index (χ1) is 11.6. The molecule has 7 nitrogen and oxygen atoms in total. The molecule has 24 heavy (non-hydrogen) atoms. The first-order valence-corrected chi connectivity index (χ1v) is 8.75. The number of fused-ring (bicyclic) bond motifs is 1. The zero-order valence-electron chi connectivity index (χ0n) is 12.6. The largest absolute Gasteiger partial charge is 0.373 e. The topological polar surface area (TPSA) is 66.9 Å². The highest BCUT2D eigenvalue weighted by atomic mass is 35.5. The van der Waals surface area contributed by atoms with Crippen molar-refractivity contribution in [2.24, 2.45) is 0 Å². The molecule has 0 atom stereocenters. The summed E-state index contributed by atoms with van der Waals surface area (Å²) in [6, 6.07) is 7.73. The number of aromatic nitrogens is 2. The van der Waals surface area contributed by atoms with Gasteiger partial charge < -0.3 is 19.9 Å². The average Bonchev–Trinajstić information content (AvgIpc) is 3.16. The number of nitro groups is 1. The molecule has 3 aromatic rings. The van der Waals surface area contributed by atoms with Crippen molar-refractivity contribution in [2.45, 2.75) is 0 Å². The van der Waals surface area contributed by atoms with Crippen molar-refractivity contribution in [3.05, 3.63) is 51.0 Å². The van der Waals surface area contributed by atoms with Crippen molar-refractivity contribution in [1.29, 1.82) is 0 Å². The first-order valence-electron chi connectivity index (χ1n) is 7.49. The van der Waals surface area contributed by atoms with Gasteiger partial charge in [0.1, 0.15) is 6.20 Å². The van der Waals surface area contributed by atoms with E-state index in [9.17, 15) is 10.1 Å². The number of imidazole rings is 1. The maximum absolute atomic E-state index is 11.5. The molecule has 0 unspecified atom stereocenters. The summed E-state index contributed by atoms with van der Waals surface area (Å²) in [5, 5.41) is 14.0. The number of thiazole rings is 1. The zero-order valence-corrected chi connectivity index (χ0v) is 14.2. The standard InChI is InChI=1S/C15H14ClN5O2S/c16-11-3-1-2-4-12(11)18-5-7-19(8-6-18)13-14(21(22)23)20-9-10-24-15(20)17-13/h1-4,9-10H,5-8H2. The molecule has 0 radical (unpaired) electrons. The highest BCUT2D eigenvalue weighted by molar-refractivity contribution is 7.15. The molecule has 0 saturated carbocycles. The van der Waals surface area contributed by atoms with Crippen molar-refractivity contribution in [3.8, 4) is 0 Å². The predicted octanol–water partition coefficient (Wildman–Crippen LogP) is 3.28. The lowest BCUT2D eigenvalue weighted by molar-refractivity contribution is -0.389. The number of hydrogen-bond acceptors (Lipinski definition) is 6. The Balaban J connectivity index is 1.58. The lowest BCUT2D eigenvalue weighted by Gasteiger charge is -2.36. The normalized spacial score (nSPS) is 15.2. The predicted molar refractivity (Wildman–Crippen MR) is 95.6 cm³/mol. The van der Waals surface area contributed by atoms with Gasteiger partial charge in [0, 0.05) is 31.6 Å². The molecule has 0 amide bonds. The molecule has 1 aliphatic heterocycles. The lowest BCUT2D eigenvalue weighted by atomic mass is 10.2. The molecular formula is C15H14ClN5O2S. The summed E-state index contributed by atoms with van der Waals surface area (Å²) >= 11 is 7.65. The number of nitrogens with zero attached hydrogens (tertiary/aromatic N) is 5. The second-order valence-corrected chi connectivity index (χ2v) is 6.78. The van der Waals surface area contributed by atoms with E-state index in [2.05, 4.69) is 9.88 Å². The molecule has 9 heteroatoms. The van der Waals surface area contributed by atoms with E-state index in [-0.39, 0.29) is 10.7 Å². The number of piperazine rings is 1. The van der Waals surface area contributed by atoms with E-state index >= 15 is 0 Å². The van der Waals surface area contributed by atoms with E-state index in [0.717, 1.165) is 23.8 Å². The fraction of sp³-hybridized carbons (Fsp3) is 0.267. The maximum atomic E-state index is 11.5. The number of rotatable bonds is 3. The van der Waals surface area contributed by atoms with Crippen molar-refractivity contribution in [3.63, 3.8) is 0 Å². The van der Waals surface area contributed by atoms with Crippen molar-refractivity contribution < 1.29 is 4.92 Å². The van der Waals surface area contributed by atoms with Gasteiger partial charge in [-0.05, 0) is 17.1 Å². The van der Waals surface area contributed by atoms with Crippen molar-refractivity contribution in [1.82, 2.24) is 9.38 Å². The molecule has 3 heterocycles. The first kappa shape index (κ1) is 15.2. The Morgan fingerprint density at radius 1 is 1.17 bits per heavy atom. The number of benzene rings is 1. The molecular weight excluding hydrogens is 350 g/mol. The van der Waals surface area contributed by atoms with Crippen LogP contribution in [0.25, 0.3) is 4.96 Å². The van der Waals surface area contributed by atoms with Gasteiger partial charge in [0.15, 0.2) is 0 Å². The molecule has 2 aromatic heterocycles. The fourth-order valence-electron chi connectivity index (χ4n) is 3.01. The lowest BCUT2D eigenvalue weighted by Crippen LogP contribution is -2.47. The summed E-state index contributed by atoms with van der Waals surface area (Å²) in [5.74, 6) is 0.489. The van der Waals surface area contributed by atoms with Crippen LogP contribution in [0.2, 0.25) is 5.02 Å². The molecule has 1 fully saturated rings. The number of para-hydroxylation sites is 1. The van der Waals surface area contributed by atoms with E-state index in [1.807, 2.05) is 29.2 Å². The summed E-state index contributed by atoms with van der Waals surface area (Å²) in [6.45, 7) is 2.81. The summed E-state index contributed by atoms with van der Waals surface area (Å²) < 4.78 is 1.54. The Bertz CT molecular complexity index is 900. The van der Waals surface area contributed by atoms with E-state index in [1.54, 1.807) is 16.0 Å². The second-order valence-electron chi connectivity index (χ2n) is 5.50. The van der Waals surface area contributed by atoms with Crippen LogP contribution < -0.4 is 9.80 Å². The third kappa shape index (κ3) is 2.47. The summed E-state index contributed by atoms with van der Waals surface area (Å²) in [5.41, 5.74) is 0.999. The minimum absolute atomic E-state index is 0.0393. The van der Waals surface area contributed by atoms with Gasteiger partial charge in [-0.2, -0.15) is 9.38 Å². The Hall–Kier alpha value is -2.32. The fourth-order valence-corrected chi connectivity index (χ4v) is 3.97. The van der Waals surface area contributed by atoms with Crippen LogP contribution in [0, 0.1) is 10.1 Å². The van der Waals surface area contributed by atoms with Crippen LogP contribution in [0.3, 0.4) is 0 Å². The van der Waals surface area contributed by atoms with Crippen molar-refractivity contribution >= 4 is 45.2 Å². The Labute approximate surface area is 146 Å². The second kappa shape index (κ2) is 5.95. The molecule has 1 saturated heterocycles. The quantitative estimate of drug-likeness (QED) is 0.527. The third-order valence-corrected chi connectivity index (χ3v) is 5.24. The van der Waals surface area contributed by atoms with Gasteiger partial charge in [-0.15, -0.1) is 0 Å². The van der Waals surface area contributed by atoms with Crippen molar-refractivity contribution in [2.75, 3.05) is 36.0 Å². The van der Waals surface area contributed by atoms with Crippen LogP contribution in [-0.4, -0.2) is 40.5 Å². The molecule has 0 bridgehead atoms. The van der Waals surface area contributed by atoms with Gasteiger partial charge in [-0.3, -0.25) is 0 Å². The van der Waals surface area contributed by atoms with Crippen LogP contribution in [0.5, 0.6) is 0 Å². The van der Waals surface area contributed by atoms with Gasteiger partial charge in [0.05, 0.1) is 10.7 Å². The Morgan fingerprint density at radius 2 is 1.88 bits per heavy atom. The summed E-state index contributed by atoms with van der Waals surface area (Å²) in [7, 11) is 0. The van der Waals surface area contributed by atoms with Crippen LogP contribution in [0.1, 0.15) is 0 Å². The molecule has 0 N–H and O–H groups in total. The van der Waals surface area contributed by atoms with Crippen LogP contribution >= 0.6 is 22.9 Å². The molecule has 124 valence electrons. The third-order valence-electron chi connectivity index (χ3n) is 4.16. The minimum atomic E-state index is -0.359. The van der Waals surface area contributed by atoms with Gasteiger partial charge in [-0.1, -0.05) is 35.1 Å². The van der Waals surface area contributed by atoms with Crippen LogP contribution in [-0.2, 0) is 0 Å². The molecule has 4 rings (SSSR count). The maximum Gasteiger partial charge on any atom is 0.373 e. The number of anilines is 2. The molecule has 1 aliphatic rings. The molecule has 1 aromatic carbocycles. The van der Waals surface area contributed by atoms with Gasteiger partial charge in [0.2, 0.25) is 5.82 Å². The summed E-state index contributed by atoms with van der Waals surface area (Å²) in [4.78, 5) is 20.4. The Kier molecular flexibility index (Phi) is 3.78. The smallest absolute Gasteiger partial charge is 0.367 e. The SMILES string of the molecule is O=[N+]([O-])c1c(N2CCN(c3ccccc3Cl)CC2)nc2sccn12. The Morgan fingerprint density at radius 3 is 2.58 bits per heavy atom. The van der Waals surface area contributed by atoms with Gasteiger partial charge in [0.25, 0.3) is 4.96 Å².